The van der Waals surface area contributed by atoms with Crippen molar-refractivity contribution in [3.05, 3.63) is 64.6 Å². The maximum absolute atomic E-state index is 13.6. The van der Waals surface area contributed by atoms with Gasteiger partial charge in [-0.05, 0) is 50.8 Å². The highest BCUT2D eigenvalue weighted by Gasteiger charge is 2.34. The lowest BCUT2D eigenvalue weighted by Crippen LogP contribution is -2.32. The quantitative estimate of drug-likeness (QED) is 0.573. The van der Waals surface area contributed by atoms with Crippen molar-refractivity contribution in [3.63, 3.8) is 0 Å². The van der Waals surface area contributed by atoms with E-state index in [1.807, 2.05) is 18.7 Å². The van der Waals surface area contributed by atoms with Crippen LogP contribution in [-0.2, 0) is 17.6 Å². The van der Waals surface area contributed by atoms with Crippen LogP contribution >= 0.6 is 0 Å². The van der Waals surface area contributed by atoms with E-state index in [-0.39, 0.29) is 24.2 Å². The van der Waals surface area contributed by atoms with Gasteiger partial charge in [0.2, 0.25) is 5.91 Å². The maximum atomic E-state index is 13.6. The second-order valence-corrected chi connectivity index (χ2v) is 8.11. The molecule has 162 valence electrons. The summed E-state index contributed by atoms with van der Waals surface area (Å²) in [6.07, 6.45) is 5.37. The van der Waals surface area contributed by atoms with Crippen LogP contribution in [0.1, 0.15) is 60.6 Å². The van der Waals surface area contributed by atoms with Gasteiger partial charge in [-0.25, -0.2) is 14.4 Å². The number of amides is 1. The molecular weight excluding hydrogens is 395 g/mol. The van der Waals surface area contributed by atoms with E-state index >= 15 is 0 Å². The van der Waals surface area contributed by atoms with E-state index in [2.05, 4.69) is 17.1 Å². The number of carbonyl (C=O) groups excluding carboxylic acids is 1. The predicted molar refractivity (Wildman–Crippen MR) is 115 cm³/mol. The molecule has 0 aliphatic carbocycles. The third-order valence-electron chi connectivity index (χ3n) is 5.88. The fourth-order valence-corrected chi connectivity index (χ4v) is 4.15. The van der Waals surface area contributed by atoms with Crippen LogP contribution in [-0.4, -0.2) is 32.5 Å². The summed E-state index contributed by atoms with van der Waals surface area (Å²) >= 11 is 0. The summed E-state index contributed by atoms with van der Waals surface area (Å²) in [5.41, 5.74) is 4.04. The Morgan fingerprint density at radius 2 is 2.16 bits per heavy atom. The molecule has 1 amide bonds. The fourth-order valence-electron chi connectivity index (χ4n) is 4.15. The standard InChI is InChI=1S/C24H27FN4O2/c1-4-7-21-26-14-19(24-15(2)16(3)28-31-24)23(27-21)20-10-6-11-29(20)22(30)13-17-8-5-9-18(25)12-17/h5,8-9,12,14,20H,4,6-7,10-11,13H2,1-3H3. The summed E-state index contributed by atoms with van der Waals surface area (Å²) in [6, 6.07) is 6.05. The van der Waals surface area contributed by atoms with Gasteiger partial charge in [-0.1, -0.05) is 24.2 Å². The van der Waals surface area contributed by atoms with Crippen LogP contribution in [0, 0.1) is 19.7 Å². The number of carbonyl (C=O) groups is 1. The zero-order chi connectivity index (χ0) is 22.0. The first kappa shape index (κ1) is 21.2. The van der Waals surface area contributed by atoms with E-state index in [0.717, 1.165) is 54.0 Å². The number of hydrogen-bond donors (Lipinski definition) is 0. The topological polar surface area (TPSA) is 72.1 Å². The average Bonchev–Trinajstić information content (AvgIpc) is 3.36. The number of aromatic nitrogens is 3. The van der Waals surface area contributed by atoms with Crippen molar-refractivity contribution in [2.75, 3.05) is 6.54 Å². The zero-order valence-electron chi connectivity index (χ0n) is 18.2. The molecule has 1 atom stereocenters. The number of benzene rings is 1. The van der Waals surface area contributed by atoms with Gasteiger partial charge in [0.15, 0.2) is 5.76 Å². The molecule has 1 fully saturated rings. The highest BCUT2D eigenvalue weighted by molar-refractivity contribution is 5.80. The molecule has 0 saturated carbocycles. The molecule has 0 N–H and O–H groups in total. The fraction of sp³-hybridized carbons (Fsp3) is 0.417. The molecule has 1 aliphatic rings. The van der Waals surface area contributed by atoms with Gasteiger partial charge in [0, 0.05) is 24.7 Å². The molecular formula is C24H27FN4O2. The molecule has 1 aliphatic heterocycles. The zero-order valence-corrected chi connectivity index (χ0v) is 18.2. The van der Waals surface area contributed by atoms with Gasteiger partial charge < -0.3 is 9.42 Å². The molecule has 6 nitrogen and oxygen atoms in total. The lowest BCUT2D eigenvalue weighted by atomic mass is 10.0. The van der Waals surface area contributed by atoms with Crippen molar-refractivity contribution >= 4 is 5.91 Å². The van der Waals surface area contributed by atoms with Gasteiger partial charge in [0.1, 0.15) is 11.6 Å². The van der Waals surface area contributed by atoms with Crippen LogP contribution in [0.3, 0.4) is 0 Å². The molecule has 1 unspecified atom stereocenters. The molecule has 2 aromatic heterocycles. The summed E-state index contributed by atoms with van der Waals surface area (Å²) in [7, 11) is 0. The van der Waals surface area contributed by atoms with Crippen molar-refractivity contribution < 1.29 is 13.7 Å². The molecule has 31 heavy (non-hydrogen) atoms. The minimum Gasteiger partial charge on any atom is -0.356 e. The lowest BCUT2D eigenvalue weighted by molar-refractivity contribution is -0.131. The summed E-state index contributed by atoms with van der Waals surface area (Å²) < 4.78 is 19.2. The van der Waals surface area contributed by atoms with Gasteiger partial charge >= 0.3 is 0 Å². The van der Waals surface area contributed by atoms with E-state index in [1.54, 1.807) is 18.3 Å². The Kier molecular flexibility index (Phi) is 6.11. The predicted octanol–water partition coefficient (Wildman–Crippen LogP) is 4.75. The van der Waals surface area contributed by atoms with Crippen molar-refractivity contribution in [3.8, 4) is 11.3 Å². The third-order valence-corrected chi connectivity index (χ3v) is 5.88. The largest absolute Gasteiger partial charge is 0.356 e. The highest BCUT2D eigenvalue weighted by atomic mass is 19.1. The van der Waals surface area contributed by atoms with Gasteiger partial charge in [-0.2, -0.15) is 0 Å². The molecule has 0 bridgehead atoms. The first-order chi connectivity index (χ1) is 15.0. The van der Waals surface area contributed by atoms with E-state index in [9.17, 15) is 9.18 Å². The Labute approximate surface area is 181 Å². The number of hydrogen-bond acceptors (Lipinski definition) is 5. The van der Waals surface area contributed by atoms with Crippen molar-refractivity contribution in [2.45, 2.75) is 58.9 Å². The Morgan fingerprint density at radius 3 is 2.87 bits per heavy atom. The summed E-state index contributed by atoms with van der Waals surface area (Å²) in [4.78, 5) is 24.4. The van der Waals surface area contributed by atoms with Crippen molar-refractivity contribution in [1.29, 1.82) is 0 Å². The number of rotatable bonds is 6. The normalized spacial score (nSPS) is 16.1. The monoisotopic (exact) mass is 422 g/mol. The van der Waals surface area contributed by atoms with Gasteiger partial charge in [-0.15, -0.1) is 0 Å². The SMILES string of the molecule is CCCc1ncc(-c2onc(C)c2C)c(C2CCCN2C(=O)Cc2cccc(F)c2)n1. The molecule has 3 heterocycles. The van der Waals surface area contributed by atoms with Crippen LogP contribution in [0.5, 0.6) is 0 Å². The van der Waals surface area contributed by atoms with Crippen molar-refractivity contribution in [1.82, 2.24) is 20.0 Å². The second kappa shape index (κ2) is 8.96. The van der Waals surface area contributed by atoms with E-state index in [1.165, 1.54) is 12.1 Å². The lowest BCUT2D eigenvalue weighted by Gasteiger charge is -2.26. The summed E-state index contributed by atoms with van der Waals surface area (Å²) in [6.45, 7) is 6.61. The number of halogens is 1. The third kappa shape index (κ3) is 4.36. The Morgan fingerprint density at radius 1 is 1.32 bits per heavy atom. The average molecular weight is 423 g/mol. The maximum Gasteiger partial charge on any atom is 0.227 e. The smallest absolute Gasteiger partial charge is 0.227 e. The summed E-state index contributed by atoms with van der Waals surface area (Å²) in [5, 5.41) is 4.09. The van der Waals surface area contributed by atoms with Crippen LogP contribution in [0.4, 0.5) is 4.39 Å². The molecule has 1 saturated heterocycles. The number of nitrogens with zero attached hydrogens (tertiary/aromatic N) is 4. The minimum atomic E-state index is -0.332. The summed E-state index contributed by atoms with van der Waals surface area (Å²) in [5.74, 6) is 1.06. The Hall–Kier alpha value is -3.09. The van der Waals surface area contributed by atoms with Crippen LogP contribution in [0.15, 0.2) is 35.0 Å². The second-order valence-electron chi connectivity index (χ2n) is 8.11. The number of aryl methyl sites for hydroxylation is 2. The first-order valence-electron chi connectivity index (χ1n) is 10.8. The minimum absolute atomic E-state index is 0.0276. The molecule has 4 rings (SSSR count). The molecule has 7 heteroatoms. The number of likely N-dealkylation sites (tertiary alicyclic amines) is 1. The molecule has 1 aromatic carbocycles. The molecule has 3 aromatic rings. The van der Waals surface area contributed by atoms with E-state index in [0.29, 0.717) is 17.9 Å². The molecule has 0 radical (unpaired) electrons. The first-order valence-corrected chi connectivity index (χ1v) is 10.8. The Balaban J connectivity index is 1.69. The highest BCUT2D eigenvalue weighted by Crippen LogP contribution is 2.38. The van der Waals surface area contributed by atoms with Crippen LogP contribution < -0.4 is 0 Å². The Bertz CT molecular complexity index is 1090. The van der Waals surface area contributed by atoms with Gasteiger partial charge in [0.05, 0.1) is 29.4 Å². The van der Waals surface area contributed by atoms with E-state index in [4.69, 9.17) is 9.51 Å². The van der Waals surface area contributed by atoms with E-state index < -0.39 is 0 Å². The van der Waals surface area contributed by atoms with Crippen molar-refractivity contribution in [2.24, 2.45) is 0 Å². The van der Waals surface area contributed by atoms with Gasteiger partial charge in [-0.3, -0.25) is 4.79 Å². The molecule has 0 spiro atoms. The van der Waals surface area contributed by atoms with Gasteiger partial charge in [0.25, 0.3) is 0 Å². The van der Waals surface area contributed by atoms with Crippen LogP contribution in [0.25, 0.3) is 11.3 Å². The van der Waals surface area contributed by atoms with Crippen LogP contribution in [0.2, 0.25) is 0 Å².